The highest BCUT2D eigenvalue weighted by Crippen LogP contribution is 2.23. The Morgan fingerprint density at radius 3 is 2.20 bits per heavy atom. The molecule has 2 aromatic rings. The molecule has 0 radical (unpaired) electrons. The van der Waals surface area contributed by atoms with Crippen LogP contribution in [0, 0.1) is 0 Å². The smallest absolute Gasteiger partial charge is 0.316 e. The zero-order chi connectivity index (χ0) is 14.4. The lowest BCUT2D eigenvalue weighted by Gasteiger charge is -2.09. The molecule has 1 N–H and O–H groups in total. The van der Waals surface area contributed by atoms with Crippen LogP contribution in [0.3, 0.4) is 0 Å². The van der Waals surface area contributed by atoms with E-state index in [-0.39, 0.29) is 5.25 Å². The lowest BCUT2D eigenvalue weighted by atomic mass is 10.0. The molecule has 104 valence electrons. The molecule has 0 aliphatic rings. The highest BCUT2D eigenvalue weighted by molar-refractivity contribution is 7.99. The standard InChI is InChI=1S/C17H18O2S/c1-2-16(17(18)19)20-12-13-8-10-15(11-9-13)14-6-4-3-5-7-14/h3-11,16H,2,12H2,1H3,(H,18,19). The van der Waals surface area contributed by atoms with Crippen LogP contribution in [0.25, 0.3) is 11.1 Å². The van der Waals surface area contributed by atoms with E-state index >= 15 is 0 Å². The Labute approximate surface area is 123 Å². The zero-order valence-electron chi connectivity index (χ0n) is 11.5. The van der Waals surface area contributed by atoms with Crippen molar-refractivity contribution < 1.29 is 9.90 Å². The molecule has 0 amide bonds. The molecule has 20 heavy (non-hydrogen) atoms. The van der Waals surface area contributed by atoms with E-state index in [9.17, 15) is 4.79 Å². The Kier molecular flexibility index (Phi) is 5.24. The first kappa shape index (κ1) is 14.7. The predicted molar refractivity (Wildman–Crippen MR) is 84.9 cm³/mol. The molecule has 2 nitrogen and oxygen atoms in total. The molecule has 0 saturated carbocycles. The number of thioether (sulfide) groups is 1. The molecular formula is C17H18O2S. The van der Waals surface area contributed by atoms with E-state index in [1.807, 2.05) is 25.1 Å². The maximum Gasteiger partial charge on any atom is 0.316 e. The molecule has 0 heterocycles. The van der Waals surface area contributed by atoms with Gasteiger partial charge in [0.1, 0.15) is 5.25 Å². The third-order valence-electron chi connectivity index (χ3n) is 3.16. The average Bonchev–Trinajstić information content (AvgIpc) is 2.49. The topological polar surface area (TPSA) is 37.3 Å². The molecule has 0 bridgehead atoms. The quantitative estimate of drug-likeness (QED) is 0.852. The molecule has 0 aromatic heterocycles. The van der Waals surface area contributed by atoms with Crippen molar-refractivity contribution in [3.63, 3.8) is 0 Å². The van der Waals surface area contributed by atoms with E-state index in [4.69, 9.17) is 5.11 Å². The largest absolute Gasteiger partial charge is 0.480 e. The first-order valence-electron chi connectivity index (χ1n) is 6.69. The summed E-state index contributed by atoms with van der Waals surface area (Å²) in [6.45, 7) is 1.91. The van der Waals surface area contributed by atoms with Crippen LogP contribution in [0.2, 0.25) is 0 Å². The number of rotatable bonds is 6. The first-order chi connectivity index (χ1) is 9.70. The van der Waals surface area contributed by atoms with Crippen molar-refractivity contribution >= 4 is 17.7 Å². The van der Waals surface area contributed by atoms with Crippen molar-refractivity contribution in [1.82, 2.24) is 0 Å². The first-order valence-corrected chi connectivity index (χ1v) is 7.74. The number of carboxylic acids is 1. The number of hydrogen-bond donors (Lipinski definition) is 1. The van der Waals surface area contributed by atoms with Gasteiger partial charge in [0.2, 0.25) is 0 Å². The van der Waals surface area contributed by atoms with Gasteiger partial charge in [-0.05, 0) is 23.1 Å². The molecule has 3 heteroatoms. The van der Waals surface area contributed by atoms with Crippen molar-refractivity contribution in [2.24, 2.45) is 0 Å². The van der Waals surface area contributed by atoms with Gasteiger partial charge < -0.3 is 5.11 Å². The molecule has 0 spiro atoms. The fourth-order valence-electron chi connectivity index (χ4n) is 1.98. The third kappa shape index (κ3) is 3.87. The zero-order valence-corrected chi connectivity index (χ0v) is 12.3. The van der Waals surface area contributed by atoms with Crippen LogP contribution in [0.5, 0.6) is 0 Å². The lowest BCUT2D eigenvalue weighted by molar-refractivity contribution is -0.136. The van der Waals surface area contributed by atoms with Gasteiger partial charge in [-0.2, -0.15) is 0 Å². The maximum atomic E-state index is 11.0. The Balaban J connectivity index is 2.00. The molecule has 1 atom stereocenters. The van der Waals surface area contributed by atoms with Crippen LogP contribution >= 0.6 is 11.8 Å². The third-order valence-corrected chi connectivity index (χ3v) is 4.60. The molecule has 2 rings (SSSR count). The predicted octanol–water partition coefficient (Wildman–Crippen LogP) is 4.45. The Morgan fingerprint density at radius 1 is 1.05 bits per heavy atom. The number of carbonyl (C=O) groups is 1. The molecule has 0 saturated heterocycles. The Hall–Kier alpha value is -1.74. The molecule has 0 aliphatic heterocycles. The Morgan fingerprint density at radius 2 is 1.65 bits per heavy atom. The summed E-state index contributed by atoms with van der Waals surface area (Å²) in [6.07, 6.45) is 0.655. The second-order valence-corrected chi connectivity index (χ2v) is 5.80. The van der Waals surface area contributed by atoms with Gasteiger partial charge in [0.15, 0.2) is 0 Å². The molecule has 0 fully saturated rings. The SMILES string of the molecule is CCC(SCc1ccc(-c2ccccc2)cc1)C(=O)O. The van der Waals surface area contributed by atoms with E-state index in [1.165, 1.54) is 22.9 Å². The van der Waals surface area contributed by atoms with Gasteiger partial charge in [0, 0.05) is 5.75 Å². The summed E-state index contributed by atoms with van der Waals surface area (Å²) in [5, 5.41) is 8.71. The number of hydrogen-bond acceptors (Lipinski definition) is 2. The van der Waals surface area contributed by atoms with Gasteiger partial charge in [-0.25, -0.2) is 0 Å². The van der Waals surface area contributed by atoms with E-state index in [0.717, 1.165) is 11.3 Å². The van der Waals surface area contributed by atoms with E-state index in [1.54, 1.807) is 0 Å². The van der Waals surface area contributed by atoms with Gasteiger partial charge in [-0.15, -0.1) is 11.8 Å². The fraction of sp³-hybridized carbons (Fsp3) is 0.235. The summed E-state index contributed by atoms with van der Waals surface area (Å²) in [6, 6.07) is 18.6. The number of aliphatic carboxylic acids is 1. The van der Waals surface area contributed by atoms with Crippen molar-refractivity contribution in [2.45, 2.75) is 24.3 Å². The van der Waals surface area contributed by atoms with Crippen LogP contribution < -0.4 is 0 Å². The minimum absolute atomic E-state index is 0.316. The van der Waals surface area contributed by atoms with Gasteiger partial charge in [0.05, 0.1) is 0 Å². The summed E-state index contributed by atoms with van der Waals surface area (Å²) in [7, 11) is 0. The normalized spacial score (nSPS) is 12.1. The highest BCUT2D eigenvalue weighted by atomic mass is 32.2. The van der Waals surface area contributed by atoms with Crippen molar-refractivity contribution in [3.8, 4) is 11.1 Å². The highest BCUT2D eigenvalue weighted by Gasteiger charge is 2.14. The Bertz CT molecular complexity index is 549. The van der Waals surface area contributed by atoms with Crippen LogP contribution in [0.1, 0.15) is 18.9 Å². The van der Waals surface area contributed by atoms with Crippen LogP contribution in [0.15, 0.2) is 54.6 Å². The fourth-order valence-corrected chi connectivity index (χ4v) is 2.95. The molecule has 1 unspecified atom stereocenters. The van der Waals surface area contributed by atoms with Crippen molar-refractivity contribution in [3.05, 3.63) is 60.2 Å². The molecule has 2 aromatic carbocycles. The van der Waals surface area contributed by atoms with E-state index < -0.39 is 5.97 Å². The second kappa shape index (κ2) is 7.15. The van der Waals surface area contributed by atoms with Crippen LogP contribution in [-0.2, 0) is 10.5 Å². The van der Waals surface area contributed by atoms with Gasteiger partial charge in [-0.1, -0.05) is 61.5 Å². The second-order valence-electron chi connectivity index (χ2n) is 4.61. The summed E-state index contributed by atoms with van der Waals surface area (Å²) in [4.78, 5) is 11.0. The summed E-state index contributed by atoms with van der Waals surface area (Å²) in [5.74, 6) is 0.0123. The van der Waals surface area contributed by atoms with Gasteiger partial charge >= 0.3 is 5.97 Å². The van der Waals surface area contributed by atoms with Gasteiger partial charge in [-0.3, -0.25) is 4.79 Å². The summed E-state index contributed by atoms with van der Waals surface area (Å²) in [5.41, 5.74) is 3.54. The number of carboxylic acid groups (broad SMARTS) is 1. The monoisotopic (exact) mass is 286 g/mol. The number of benzene rings is 2. The van der Waals surface area contributed by atoms with Gasteiger partial charge in [0.25, 0.3) is 0 Å². The molecular weight excluding hydrogens is 268 g/mol. The summed E-state index contributed by atoms with van der Waals surface area (Å²) >= 11 is 1.48. The molecule has 0 aliphatic carbocycles. The average molecular weight is 286 g/mol. The van der Waals surface area contributed by atoms with Crippen LogP contribution in [0.4, 0.5) is 0 Å². The minimum atomic E-state index is -0.724. The van der Waals surface area contributed by atoms with E-state index in [0.29, 0.717) is 6.42 Å². The van der Waals surface area contributed by atoms with Crippen molar-refractivity contribution in [2.75, 3.05) is 0 Å². The summed E-state index contributed by atoms with van der Waals surface area (Å²) < 4.78 is 0. The lowest BCUT2D eigenvalue weighted by Crippen LogP contribution is -2.14. The van der Waals surface area contributed by atoms with Crippen LogP contribution in [-0.4, -0.2) is 16.3 Å². The minimum Gasteiger partial charge on any atom is -0.480 e. The van der Waals surface area contributed by atoms with Crippen molar-refractivity contribution in [1.29, 1.82) is 0 Å². The van der Waals surface area contributed by atoms with E-state index in [2.05, 4.69) is 36.4 Å². The maximum absolute atomic E-state index is 11.0.